The van der Waals surface area contributed by atoms with Gasteiger partial charge in [-0.1, -0.05) is 17.7 Å². The number of carboxylic acid groups (broad SMARTS) is 1. The summed E-state index contributed by atoms with van der Waals surface area (Å²) in [6.07, 6.45) is 1.25. The second kappa shape index (κ2) is 5.65. The molecule has 2 rings (SSSR count). The summed E-state index contributed by atoms with van der Waals surface area (Å²) in [6, 6.07) is 5.16. The molecule has 0 bridgehead atoms. The summed E-state index contributed by atoms with van der Waals surface area (Å²) >= 11 is 7.94. The summed E-state index contributed by atoms with van der Waals surface area (Å²) in [5.41, 5.74) is 0.690. The summed E-state index contributed by atoms with van der Waals surface area (Å²) in [5.74, 6) is 1.90. The molecular formula is C12H13ClO3S. The lowest BCUT2D eigenvalue weighted by Crippen LogP contribution is -2.15. The first-order chi connectivity index (χ1) is 8.15. The van der Waals surface area contributed by atoms with E-state index in [0.29, 0.717) is 16.3 Å². The number of hydrogen-bond acceptors (Lipinski definition) is 3. The summed E-state index contributed by atoms with van der Waals surface area (Å²) in [4.78, 5) is 10.6. The highest BCUT2D eigenvalue weighted by molar-refractivity contribution is 7.99. The molecule has 0 spiro atoms. The number of ether oxygens (including phenoxy) is 1. The number of rotatable bonds is 4. The Balaban J connectivity index is 2.05. The monoisotopic (exact) mass is 272 g/mol. The number of hydrogen-bond donors (Lipinski definition) is 1. The number of benzene rings is 1. The normalized spacial score (nSPS) is 19.2. The van der Waals surface area contributed by atoms with E-state index in [-0.39, 0.29) is 12.5 Å². The summed E-state index contributed by atoms with van der Waals surface area (Å²) in [6.45, 7) is 0. The molecular weight excluding hydrogens is 260 g/mol. The first-order valence-electron chi connectivity index (χ1n) is 5.40. The van der Waals surface area contributed by atoms with E-state index in [1.165, 1.54) is 0 Å². The Hall–Kier alpha value is -0.870. The van der Waals surface area contributed by atoms with Gasteiger partial charge in [-0.3, -0.25) is 4.79 Å². The Morgan fingerprint density at radius 1 is 1.59 bits per heavy atom. The van der Waals surface area contributed by atoms with Crippen LogP contribution in [0, 0.1) is 0 Å². The van der Waals surface area contributed by atoms with Gasteiger partial charge >= 0.3 is 5.97 Å². The molecule has 17 heavy (non-hydrogen) atoms. The Labute approximate surface area is 109 Å². The molecule has 1 aromatic rings. The van der Waals surface area contributed by atoms with Crippen molar-refractivity contribution >= 4 is 29.3 Å². The summed E-state index contributed by atoms with van der Waals surface area (Å²) < 4.78 is 5.77. The van der Waals surface area contributed by atoms with Crippen LogP contribution < -0.4 is 4.74 Å². The smallest absolute Gasteiger partial charge is 0.307 e. The second-order valence-electron chi connectivity index (χ2n) is 3.94. The largest absolute Gasteiger partial charge is 0.488 e. The lowest BCUT2D eigenvalue weighted by atomic mass is 10.1. The van der Waals surface area contributed by atoms with Crippen molar-refractivity contribution in [2.75, 3.05) is 11.5 Å². The van der Waals surface area contributed by atoms with Crippen molar-refractivity contribution in [1.82, 2.24) is 0 Å². The van der Waals surface area contributed by atoms with Crippen molar-refractivity contribution in [3.8, 4) is 5.75 Å². The van der Waals surface area contributed by atoms with Crippen LogP contribution in [0.4, 0.5) is 0 Å². The van der Waals surface area contributed by atoms with Crippen molar-refractivity contribution in [3.63, 3.8) is 0 Å². The van der Waals surface area contributed by atoms with Crippen LogP contribution in [-0.4, -0.2) is 28.7 Å². The SMILES string of the molecule is O=C(O)Cc1ccc(OC2CCSC2)c(Cl)c1. The molecule has 0 radical (unpaired) electrons. The van der Waals surface area contributed by atoms with Crippen molar-refractivity contribution in [3.05, 3.63) is 28.8 Å². The fourth-order valence-corrected chi connectivity index (χ4v) is 3.05. The Morgan fingerprint density at radius 3 is 3.00 bits per heavy atom. The average molecular weight is 273 g/mol. The number of aliphatic carboxylic acids is 1. The quantitative estimate of drug-likeness (QED) is 0.916. The summed E-state index contributed by atoms with van der Waals surface area (Å²) in [5, 5.41) is 9.17. The fourth-order valence-electron chi connectivity index (χ4n) is 1.71. The van der Waals surface area contributed by atoms with Gasteiger partial charge in [0.2, 0.25) is 0 Å². The number of carbonyl (C=O) groups is 1. The van der Waals surface area contributed by atoms with Gasteiger partial charge in [-0.15, -0.1) is 0 Å². The molecule has 1 fully saturated rings. The zero-order chi connectivity index (χ0) is 12.3. The van der Waals surface area contributed by atoms with E-state index in [0.717, 1.165) is 17.9 Å². The standard InChI is InChI=1S/C12H13ClO3S/c13-10-5-8(6-12(14)15)1-2-11(10)16-9-3-4-17-7-9/h1-2,5,9H,3-4,6-7H2,(H,14,15). The number of thioether (sulfide) groups is 1. The second-order valence-corrected chi connectivity index (χ2v) is 5.50. The minimum absolute atomic E-state index is 0.0146. The van der Waals surface area contributed by atoms with E-state index in [1.807, 2.05) is 11.8 Å². The van der Waals surface area contributed by atoms with Gasteiger partial charge in [0.25, 0.3) is 0 Å². The Kier molecular flexibility index (Phi) is 4.18. The van der Waals surface area contributed by atoms with Crippen LogP contribution in [0.1, 0.15) is 12.0 Å². The molecule has 1 aromatic carbocycles. The number of carboxylic acids is 1. The zero-order valence-corrected chi connectivity index (χ0v) is 10.8. The molecule has 1 unspecified atom stereocenters. The van der Waals surface area contributed by atoms with E-state index >= 15 is 0 Å². The van der Waals surface area contributed by atoms with Gasteiger partial charge < -0.3 is 9.84 Å². The highest BCUT2D eigenvalue weighted by Gasteiger charge is 2.18. The molecule has 0 amide bonds. The molecule has 1 saturated heterocycles. The van der Waals surface area contributed by atoms with E-state index in [1.54, 1.807) is 18.2 Å². The highest BCUT2D eigenvalue weighted by atomic mass is 35.5. The van der Waals surface area contributed by atoms with Crippen LogP contribution in [0.5, 0.6) is 5.75 Å². The zero-order valence-electron chi connectivity index (χ0n) is 9.19. The third-order valence-corrected chi connectivity index (χ3v) is 3.96. The third-order valence-electron chi connectivity index (χ3n) is 2.53. The molecule has 92 valence electrons. The fraction of sp³-hybridized carbons (Fsp3) is 0.417. The average Bonchev–Trinajstić information content (AvgIpc) is 2.74. The van der Waals surface area contributed by atoms with Crippen molar-refractivity contribution < 1.29 is 14.6 Å². The topological polar surface area (TPSA) is 46.5 Å². The van der Waals surface area contributed by atoms with E-state index in [4.69, 9.17) is 21.4 Å². The molecule has 1 N–H and O–H groups in total. The predicted octanol–water partition coefficient (Wildman–Crippen LogP) is 2.85. The molecule has 5 heteroatoms. The molecule has 0 aliphatic carbocycles. The lowest BCUT2D eigenvalue weighted by molar-refractivity contribution is -0.136. The van der Waals surface area contributed by atoms with Crippen LogP contribution in [0.2, 0.25) is 5.02 Å². The first kappa shape index (κ1) is 12.6. The molecule has 0 aromatic heterocycles. The molecule has 3 nitrogen and oxygen atoms in total. The Morgan fingerprint density at radius 2 is 2.41 bits per heavy atom. The first-order valence-corrected chi connectivity index (χ1v) is 6.93. The van der Waals surface area contributed by atoms with Crippen LogP contribution in [-0.2, 0) is 11.2 Å². The maximum Gasteiger partial charge on any atom is 0.307 e. The van der Waals surface area contributed by atoms with Gasteiger partial charge in [0.1, 0.15) is 11.9 Å². The van der Waals surface area contributed by atoms with Crippen LogP contribution in [0.25, 0.3) is 0 Å². The van der Waals surface area contributed by atoms with Crippen molar-refractivity contribution in [1.29, 1.82) is 0 Å². The van der Waals surface area contributed by atoms with Gasteiger partial charge in [0, 0.05) is 5.75 Å². The van der Waals surface area contributed by atoms with Crippen LogP contribution >= 0.6 is 23.4 Å². The number of halogens is 1. The van der Waals surface area contributed by atoms with Gasteiger partial charge in [-0.2, -0.15) is 11.8 Å². The van der Waals surface area contributed by atoms with Crippen molar-refractivity contribution in [2.45, 2.75) is 18.9 Å². The van der Waals surface area contributed by atoms with Gasteiger partial charge in [-0.25, -0.2) is 0 Å². The maximum atomic E-state index is 10.6. The maximum absolute atomic E-state index is 10.6. The molecule has 1 heterocycles. The predicted molar refractivity (Wildman–Crippen MR) is 69.1 cm³/mol. The molecule has 0 saturated carbocycles. The molecule has 1 aliphatic rings. The summed E-state index contributed by atoms with van der Waals surface area (Å²) in [7, 11) is 0. The van der Waals surface area contributed by atoms with E-state index < -0.39 is 5.97 Å². The Bertz CT molecular complexity index is 416. The van der Waals surface area contributed by atoms with E-state index in [9.17, 15) is 4.79 Å². The van der Waals surface area contributed by atoms with E-state index in [2.05, 4.69) is 0 Å². The van der Waals surface area contributed by atoms with Crippen LogP contribution in [0.15, 0.2) is 18.2 Å². The lowest BCUT2D eigenvalue weighted by Gasteiger charge is -2.14. The molecule has 1 aliphatic heterocycles. The van der Waals surface area contributed by atoms with Gasteiger partial charge in [0.15, 0.2) is 0 Å². The minimum atomic E-state index is -0.859. The van der Waals surface area contributed by atoms with Crippen LogP contribution in [0.3, 0.4) is 0 Å². The molecule has 1 atom stereocenters. The van der Waals surface area contributed by atoms with Gasteiger partial charge in [-0.05, 0) is 29.9 Å². The third kappa shape index (κ3) is 3.54. The van der Waals surface area contributed by atoms with Gasteiger partial charge in [0.05, 0.1) is 11.4 Å². The van der Waals surface area contributed by atoms with Crippen molar-refractivity contribution in [2.24, 2.45) is 0 Å². The minimum Gasteiger partial charge on any atom is -0.488 e. The highest BCUT2D eigenvalue weighted by Crippen LogP contribution is 2.29.